The van der Waals surface area contributed by atoms with Gasteiger partial charge in [-0.15, -0.1) is 0 Å². The summed E-state index contributed by atoms with van der Waals surface area (Å²) < 4.78 is 0. The second-order valence-corrected chi connectivity index (χ2v) is 6.03. The van der Waals surface area contributed by atoms with Gasteiger partial charge in [0, 0.05) is 0 Å². The van der Waals surface area contributed by atoms with E-state index >= 15 is 0 Å². The van der Waals surface area contributed by atoms with Gasteiger partial charge < -0.3 is 5.11 Å². The zero-order chi connectivity index (χ0) is 11.9. The number of aliphatic hydroxyl groups is 1. The molecule has 0 aliphatic heterocycles. The SMILES string of the molecule is CC(C)C1=CC2=C(CCC2(C)O)[C@H](C)CC1. The van der Waals surface area contributed by atoms with Crippen LogP contribution in [0, 0.1) is 11.8 Å². The molecule has 0 heterocycles. The van der Waals surface area contributed by atoms with Crippen LogP contribution in [0.1, 0.15) is 53.4 Å². The molecule has 2 rings (SSSR count). The van der Waals surface area contributed by atoms with E-state index in [0.29, 0.717) is 11.8 Å². The van der Waals surface area contributed by atoms with Crippen molar-refractivity contribution in [2.45, 2.75) is 59.0 Å². The van der Waals surface area contributed by atoms with Gasteiger partial charge in [-0.05, 0) is 50.0 Å². The van der Waals surface area contributed by atoms with Gasteiger partial charge in [0.15, 0.2) is 0 Å². The van der Waals surface area contributed by atoms with Crippen LogP contribution in [0.15, 0.2) is 22.8 Å². The highest BCUT2D eigenvalue weighted by atomic mass is 16.3. The normalized spacial score (nSPS) is 35.1. The summed E-state index contributed by atoms with van der Waals surface area (Å²) in [6, 6.07) is 0. The molecule has 0 bridgehead atoms. The highest BCUT2D eigenvalue weighted by Crippen LogP contribution is 2.44. The van der Waals surface area contributed by atoms with Crippen molar-refractivity contribution in [3.8, 4) is 0 Å². The molecule has 0 aromatic rings. The van der Waals surface area contributed by atoms with Gasteiger partial charge in [-0.3, -0.25) is 0 Å². The predicted octanol–water partition coefficient (Wildman–Crippen LogP) is 3.84. The Labute approximate surface area is 99.3 Å². The quantitative estimate of drug-likeness (QED) is 0.712. The van der Waals surface area contributed by atoms with Crippen LogP contribution in [-0.4, -0.2) is 10.7 Å². The second-order valence-electron chi connectivity index (χ2n) is 6.03. The van der Waals surface area contributed by atoms with Crippen LogP contribution in [-0.2, 0) is 0 Å². The molecule has 2 aliphatic carbocycles. The molecule has 0 spiro atoms. The molecular formula is C15H24O. The molecule has 1 N–H and O–H groups in total. The Kier molecular flexibility index (Phi) is 3.00. The molecule has 0 aromatic carbocycles. The number of allylic oxidation sites excluding steroid dienone is 2. The van der Waals surface area contributed by atoms with Gasteiger partial charge in [0.25, 0.3) is 0 Å². The molecule has 0 saturated carbocycles. The van der Waals surface area contributed by atoms with Gasteiger partial charge in [0.2, 0.25) is 0 Å². The minimum Gasteiger partial charge on any atom is -0.385 e. The van der Waals surface area contributed by atoms with E-state index in [0.717, 1.165) is 12.8 Å². The Morgan fingerprint density at radius 1 is 1.38 bits per heavy atom. The zero-order valence-electron chi connectivity index (χ0n) is 11.0. The van der Waals surface area contributed by atoms with Crippen molar-refractivity contribution in [3.63, 3.8) is 0 Å². The summed E-state index contributed by atoms with van der Waals surface area (Å²) >= 11 is 0. The van der Waals surface area contributed by atoms with E-state index in [1.807, 2.05) is 6.92 Å². The van der Waals surface area contributed by atoms with Crippen LogP contribution < -0.4 is 0 Å². The van der Waals surface area contributed by atoms with Gasteiger partial charge in [0.05, 0.1) is 5.60 Å². The van der Waals surface area contributed by atoms with Gasteiger partial charge in [-0.1, -0.05) is 38.0 Å². The lowest BCUT2D eigenvalue weighted by Crippen LogP contribution is -2.22. The molecule has 0 fully saturated rings. The minimum absolute atomic E-state index is 0.575. The number of hydrogen-bond acceptors (Lipinski definition) is 1. The summed E-state index contributed by atoms with van der Waals surface area (Å²) in [5.74, 6) is 1.26. The molecule has 2 atom stereocenters. The van der Waals surface area contributed by atoms with E-state index in [4.69, 9.17) is 0 Å². The first-order valence-electron chi connectivity index (χ1n) is 6.58. The molecule has 16 heavy (non-hydrogen) atoms. The van der Waals surface area contributed by atoms with Crippen LogP contribution in [0.3, 0.4) is 0 Å². The van der Waals surface area contributed by atoms with Gasteiger partial charge in [0.1, 0.15) is 0 Å². The van der Waals surface area contributed by atoms with E-state index < -0.39 is 5.60 Å². The topological polar surface area (TPSA) is 20.2 Å². The first kappa shape index (κ1) is 11.9. The molecule has 0 aromatic heterocycles. The van der Waals surface area contributed by atoms with Crippen LogP contribution in [0.5, 0.6) is 0 Å². The van der Waals surface area contributed by atoms with Crippen molar-refractivity contribution in [1.82, 2.24) is 0 Å². The third-order valence-corrected chi connectivity index (χ3v) is 4.34. The average molecular weight is 220 g/mol. The summed E-state index contributed by atoms with van der Waals surface area (Å²) in [7, 11) is 0. The molecule has 1 heteroatoms. The maximum absolute atomic E-state index is 10.4. The number of hydrogen-bond donors (Lipinski definition) is 1. The molecular weight excluding hydrogens is 196 g/mol. The van der Waals surface area contributed by atoms with Gasteiger partial charge in [-0.25, -0.2) is 0 Å². The van der Waals surface area contributed by atoms with E-state index in [-0.39, 0.29) is 0 Å². The van der Waals surface area contributed by atoms with Crippen LogP contribution in [0.25, 0.3) is 0 Å². The standard InChI is InChI=1S/C15H24O/c1-10(2)12-6-5-11(3)13-7-8-15(4,16)14(13)9-12/h9-11,16H,5-8H2,1-4H3/t11-,15?/m1/s1. The molecule has 1 nitrogen and oxygen atoms in total. The lowest BCUT2D eigenvalue weighted by atomic mass is 9.92. The third-order valence-electron chi connectivity index (χ3n) is 4.34. The van der Waals surface area contributed by atoms with Crippen molar-refractivity contribution in [2.75, 3.05) is 0 Å². The van der Waals surface area contributed by atoms with Crippen molar-refractivity contribution in [2.24, 2.45) is 11.8 Å². The maximum Gasteiger partial charge on any atom is 0.0871 e. The highest BCUT2D eigenvalue weighted by molar-refractivity contribution is 5.42. The fraction of sp³-hybridized carbons (Fsp3) is 0.733. The molecule has 90 valence electrons. The van der Waals surface area contributed by atoms with Crippen LogP contribution in [0.2, 0.25) is 0 Å². The Bertz CT molecular complexity index is 344. The van der Waals surface area contributed by atoms with Crippen LogP contribution >= 0.6 is 0 Å². The van der Waals surface area contributed by atoms with E-state index in [9.17, 15) is 5.11 Å². The first-order chi connectivity index (χ1) is 7.42. The molecule has 0 amide bonds. The third kappa shape index (κ3) is 1.98. The predicted molar refractivity (Wildman–Crippen MR) is 68.2 cm³/mol. The van der Waals surface area contributed by atoms with Crippen molar-refractivity contribution < 1.29 is 5.11 Å². The molecule has 2 aliphatic rings. The molecule has 0 radical (unpaired) electrons. The van der Waals surface area contributed by atoms with Gasteiger partial charge >= 0.3 is 0 Å². The lowest BCUT2D eigenvalue weighted by molar-refractivity contribution is 0.103. The van der Waals surface area contributed by atoms with Gasteiger partial charge in [-0.2, -0.15) is 0 Å². The Hall–Kier alpha value is -0.560. The first-order valence-corrected chi connectivity index (χ1v) is 6.58. The summed E-state index contributed by atoms with van der Waals surface area (Å²) in [6.07, 6.45) is 6.74. The molecule has 1 unspecified atom stereocenters. The summed E-state index contributed by atoms with van der Waals surface area (Å²) in [6.45, 7) is 8.80. The Morgan fingerprint density at radius 2 is 2.06 bits per heavy atom. The smallest absolute Gasteiger partial charge is 0.0871 e. The average Bonchev–Trinajstić information content (AvgIpc) is 2.38. The Balaban J connectivity index is 2.42. The monoisotopic (exact) mass is 220 g/mol. The van der Waals surface area contributed by atoms with Crippen LogP contribution in [0.4, 0.5) is 0 Å². The molecule has 0 saturated heterocycles. The zero-order valence-corrected chi connectivity index (χ0v) is 11.0. The number of rotatable bonds is 1. The second kappa shape index (κ2) is 4.03. The van der Waals surface area contributed by atoms with E-state index in [2.05, 4.69) is 26.8 Å². The van der Waals surface area contributed by atoms with Crippen molar-refractivity contribution in [1.29, 1.82) is 0 Å². The highest BCUT2D eigenvalue weighted by Gasteiger charge is 2.36. The fourth-order valence-corrected chi connectivity index (χ4v) is 3.02. The Morgan fingerprint density at radius 3 is 2.69 bits per heavy atom. The summed E-state index contributed by atoms with van der Waals surface area (Å²) in [5.41, 5.74) is 3.69. The lowest BCUT2D eigenvalue weighted by Gasteiger charge is -2.20. The largest absolute Gasteiger partial charge is 0.385 e. The van der Waals surface area contributed by atoms with Crippen molar-refractivity contribution >= 4 is 0 Å². The summed E-state index contributed by atoms with van der Waals surface area (Å²) in [5, 5.41) is 10.4. The van der Waals surface area contributed by atoms with E-state index in [1.54, 1.807) is 0 Å². The summed E-state index contributed by atoms with van der Waals surface area (Å²) in [4.78, 5) is 0. The fourth-order valence-electron chi connectivity index (χ4n) is 3.02. The van der Waals surface area contributed by atoms with E-state index in [1.165, 1.54) is 29.6 Å². The van der Waals surface area contributed by atoms with Crippen molar-refractivity contribution in [3.05, 3.63) is 22.8 Å². The maximum atomic E-state index is 10.4. The minimum atomic E-state index is -0.575.